The molecule has 0 aliphatic carbocycles. The van der Waals surface area contributed by atoms with Gasteiger partial charge < -0.3 is 14.2 Å². The SMILES string of the molecule is COc1ccc2c(Cl)c(C(=O)Oc3ccc(C=NNC(=O)COc4ccc(Br)cc4)cc3)sc2c1. The summed E-state index contributed by atoms with van der Waals surface area (Å²) in [6.45, 7) is -0.166. The van der Waals surface area contributed by atoms with Crippen LogP contribution < -0.4 is 19.6 Å². The molecular weight excluding hydrogens is 556 g/mol. The quantitative estimate of drug-likeness (QED) is 0.120. The molecule has 1 N–H and O–H groups in total. The van der Waals surface area contributed by atoms with Gasteiger partial charge in [0.05, 0.1) is 18.3 Å². The van der Waals surface area contributed by atoms with Crippen molar-refractivity contribution in [1.82, 2.24) is 5.43 Å². The number of nitrogens with zero attached hydrogens (tertiary/aromatic N) is 1. The Hall–Kier alpha value is -3.40. The number of thiophene rings is 1. The normalized spacial score (nSPS) is 10.9. The zero-order chi connectivity index (χ0) is 24.8. The lowest BCUT2D eigenvalue weighted by molar-refractivity contribution is -0.123. The molecule has 0 atom stereocenters. The maximum absolute atomic E-state index is 12.7. The predicted molar refractivity (Wildman–Crippen MR) is 140 cm³/mol. The van der Waals surface area contributed by atoms with E-state index in [2.05, 4.69) is 26.5 Å². The van der Waals surface area contributed by atoms with Crippen molar-refractivity contribution in [2.24, 2.45) is 5.10 Å². The van der Waals surface area contributed by atoms with Crippen LogP contribution in [0.25, 0.3) is 10.1 Å². The molecule has 0 spiro atoms. The van der Waals surface area contributed by atoms with E-state index in [-0.39, 0.29) is 6.61 Å². The average molecular weight is 574 g/mol. The highest BCUT2D eigenvalue weighted by atomic mass is 79.9. The van der Waals surface area contributed by atoms with Crippen LogP contribution in [-0.4, -0.2) is 31.8 Å². The highest BCUT2D eigenvalue weighted by Gasteiger charge is 2.19. The Balaban J connectivity index is 1.30. The van der Waals surface area contributed by atoms with Gasteiger partial charge >= 0.3 is 5.97 Å². The highest BCUT2D eigenvalue weighted by molar-refractivity contribution is 9.10. The van der Waals surface area contributed by atoms with Crippen molar-refractivity contribution in [3.05, 3.63) is 86.7 Å². The second kappa shape index (κ2) is 11.4. The minimum Gasteiger partial charge on any atom is -0.497 e. The first-order valence-corrected chi connectivity index (χ1v) is 12.2. The number of fused-ring (bicyclic) bond motifs is 1. The molecule has 4 aromatic rings. The molecule has 35 heavy (non-hydrogen) atoms. The van der Waals surface area contributed by atoms with Crippen LogP contribution in [0.15, 0.2) is 76.3 Å². The summed E-state index contributed by atoms with van der Waals surface area (Å²) in [5, 5.41) is 5.02. The van der Waals surface area contributed by atoms with Gasteiger partial charge in [0.15, 0.2) is 6.61 Å². The fourth-order valence-electron chi connectivity index (χ4n) is 2.97. The lowest BCUT2D eigenvalue weighted by Crippen LogP contribution is -2.24. The summed E-state index contributed by atoms with van der Waals surface area (Å²) in [6.07, 6.45) is 1.47. The molecule has 0 saturated carbocycles. The lowest BCUT2D eigenvalue weighted by atomic mass is 10.2. The Morgan fingerprint density at radius 1 is 1.03 bits per heavy atom. The molecule has 1 heterocycles. The van der Waals surface area contributed by atoms with Crippen molar-refractivity contribution in [3.8, 4) is 17.2 Å². The standard InChI is InChI=1S/C25H18BrClN2O5S/c1-32-19-10-11-20-21(12-19)35-24(23(20)27)25(31)34-18-6-2-15(3-7-18)13-28-29-22(30)14-33-17-8-4-16(26)5-9-17/h2-13H,14H2,1H3,(H,29,30). The van der Waals surface area contributed by atoms with Gasteiger partial charge in [0.25, 0.3) is 5.91 Å². The number of ether oxygens (including phenoxy) is 3. The van der Waals surface area contributed by atoms with Crippen molar-refractivity contribution in [2.45, 2.75) is 0 Å². The topological polar surface area (TPSA) is 86.2 Å². The Kier molecular flexibility index (Phi) is 8.02. The molecule has 178 valence electrons. The molecule has 1 aromatic heterocycles. The van der Waals surface area contributed by atoms with E-state index in [0.29, 0.717) is 32.7 Å². The summed E-state index contributed by atoms with van der Waals surface area (Å²) >= 11 is 11.0. The highest BCUT2D eigenvalue weighted by Crippen LogP contribution is 2.37. The zero-order valence-corrected chi connectivity index (χ0v) is 21.4. The average Bonchev–Trinajstić information content (AvgIpc) is 3.20. The van der Waals surface area contributed by atoms with E-state index in [1.54, 1.807) is 49.6 Å². The summed E-state index contributed by atoms with van der Waals surface area (Å²) in [5.41, 5.74) is 3.10. The fourth-order valence-corrected chi connectivity index (χ4v) is 4.65. The van der Waals surface area contributed by atoms with Gasteiger partial charge in [-0.1, -0.05) is 27.5 Å². The van der Waals surface area contributed by atoms with Crippen molar-refractivity contribution in [2.75, 3.05) is 13.7 Å². The summed E-state index contributed by atoms with van der Waals surface area (Å²) < 4.78 is 17.8. The molecule has 0 bridgehead atoms. The van der Waals surface area contributed by atoms with E-state index in [1.807, 2.05) is 24.3 Å². The first-order valence-electron chi connectivity index (χ1n) is 10.2. The third-order valence-corrected chi connectivity index (χ3v) is 6.86. The van der Waals surface area contributed by atoms with Gasteiger partial charge in [-0.15, -0.1) is 11.3 Å². The molecule has 10 heteroatoms. The summed E-state index contributed by atoms with van der Waals surface area (Å²) in [6, 6.07) is 19.2. The molecule has 0 fully saturated rings. The molecule has 0 aliphatic rings. The van der Waals surface area contributed by atoms with Crippen molar-refractivity contribution in [1.29, 1.82) is 0 Å². The van der Waals surface area contributed by atoms with E-state index >= 15 is 0 Å². The van der Waals surface area contributed by atoms with Gasteiger partial charge in [-0.05, 0) is 72.3 Å². The summed E-state index contributed by atoms with van der Waals surface area (Å²) in [7, 11) is 1.58. The van der Waals surface area contributed by atoms with Crippen LogP contribution in [0.4, 0.5) is 0 Å². The Bertz CT molecular complexity index is 1390. The third kappa shape index (κ3) is 6.39. The van der Waals surface area contributed by atoms with Crippen LogP contribution in [0.5, 0.6) is 17.2 Å². The van der Waals surface area contributed by atoms with Crippen LogP contribution in [0.2, 0.25) is 5.02 Å². The van der Waals surface area contributed by atoms with E-state index < -0.39 is 11.9 Å². The lowest BCUT2D eigenvalue weighted by Gasteiger charge is -2.05. The van der Waals surface area contributed by atoms with Crippen LogP contribution >= 0.6 is 38.9 Å². The molecule has 0 saturated heterocycles. The number of hydrogen-bond donors (Lipinski definition) is 1. The Morgan fingerprint density at radius 2 is 1.71 bits per heavy atom. The number of nitrogens with one attached hydrogen (secondary N) is 1. The first-order chi connectivity index (χ1) is 16.9. The molecule has 3 aromatic carbocycles. The predicted octanol–water partition coefficient (Wildman–Crippen LogP) is 6.07. The van der Waals surface area contributed by atoms with E-state index in [9.17, 15) is 9.59 Å². The number of amides is 1. The molecule has 4 rings (SSSR count). The van der Waals surface area contributed by atoms with Crippen LogP contribution in [0.1, 0.15) is 15.2 Å². The fraction of sp³-hybridized carbons (Fsp3) is 0.0800. The number of carbonyl (C=O) groups is 2. The van der Waals surface area contributed by atoms with Gasteiger partial charge in [-0.3, -0.25) is 4.79 Å². The number of benzene rings is 3. The minimum atomic E-state index is -0.547. The number of hydrazone groups is 1. The number of methoxy groups -OCH3 is 1. The number of carbonyl (C=O) groups excluding carboxylic acids is 2. The van der Waals surface area contributed by atoms with Gasteiger partial charge in [0.2, 0.25) is 0 Å². The second-order valence-electron chi connectivity index (χ2n) is 7.10. The number of hydrogen-bond acceptors (Lipinski definition) is 7. The Morgan fingerprint density at radius 3 is 2.43 bits per heavy atom. The minimum absolute atomic E-state index is 0.166. The molecule has 0 radical (unpaired) electrons. The van der Waals surface area contributed by atoms with Crippen LogP contribution in [0, 0.1) is 0 Å². The van der Waals surface area contributed by atoms with Crippen LogP contribution in [-0.2, 0) is 4.79 Å². The molecule has 0 unspecified atom stereocenters. The zero-order valence-electron chi connectivity index (χ0n) is 18.3. The van der Waals surface area contributed by atoms with Crippen LogP contribution in [0.3, 0.4) is 0 Å². The van der Waals surface area contributed by atoms with Crippen molar-refractivity contribution < 1.29 is 23.8 Å². The largest absolute Gasteiger partial charge is 0.497 e. The maximum Gasteiger partial charge on any atom is 0.355 e. The van der Waals surface area contributed by atoms with Gasteiger partial charge in [0, 0.05) is 14.6 Å². The first kappa shape index (κ1) is 24.7. The smallest absolute Gasteiger partial charge is 0.355 e. The van der Waals surface area contributed by atoms with Crippen molar-refractivity contribution in [3.63, 3.8) is 0 Å². The maximum atomic E-state index is 12.7. The van der Waals surface area contributed by atoms with Gasteiger partial charge in [-0.25, -0.2) is 10.2 Å². The third-order valence-electron chi connectivity index (χ3n) is 4.70. The van der Waals surface area contributed by atoms with Gasteiger partial charge in [0.1, 0.15) is 22.1 Å². The van der Waals surface area contributed by atoms with E-state index in [1.165, 1.54) is 17.6 Å². The Labute approximate surface area is 218 Å². The van der Waals surface area contributed by atoms with E-state index in [0.717, 1.165) is 14.6 Å². The number of halogens is 2. The van der Waals surface area contributed by atoms with E-state index in [4.69, 9.17) is 25.8 Å². The second-order valence-corrected chi connectivity index (χ2v) is 9.45. The monoisotopic (exact) mass is 572 g/mol. The van der Waals surface area contributed by atoms with Crippen molar-refractivity contribution >= 4 is 67.0 Å². The number of rotatable bonds is 8. The number of esters is 1. The summed E-state index contributed by atoms with van der Waals surface area (Å²) in [5.74, 6) is 0.669. The molecular formula is C25H18BrClN2O5S. The van der Waals surface area contributed by atoms with Gasteiger partial charge in [-0.2, -0.15) is 5.10 Å². The molecule has 0 aliphatic heterocycles. The molecule has 1 amide bonds. The summed E-state index contributed by atoms with van der Waals surface area (Å²) in [4.78, 5) is 24.8. The molecule has 7 nitrogen and oxygen atoms in total.